The van der Waals surface area contributed by atoms with Crippen LogP contribution in [0.15, 0.2) is 42.5 Å². The van der Waals surface area contributed by atoms with Crippen LogP contribution in [0.1, 0.15) is 35.2 Å². The predicted octanol–water partition coefficient (Wildman–Crippen LogP) is 5.02. The second kappa shape index (κ2) is 9.55. The van der Waals surface area contributed by atoms with Crippen molar-refractivity contribution < 1.29 is 13.9 Å². The van der Waals surface area contributed by atoms with Crippen molar-refractivity contribution in [2.45, 2.75) is 37.8 Å². The fourth-order valence-electron chi connectivity index (χ4n) is 5.03. The van der Waals surface area contributed by atoms with Crippen LogP contribution in [-0.4, -0.2) is 64.8 Å². The van der Waals surface area contributed by atoms with Crippen molar-refractivity contribution in [1.82, 2.24) is 19.0 Å². The van der Waals surface area contributed by atoms with Gasteiger partial charge in [-0.1, -0.05) is 18.2 Å². The van der Waals surface area contributed by atoms with Crippen LogP contribution in [0.25, 0.3) is 33.5 Å². The highest BCUT2D eigenvalue weighted by atomic mass is 19.1. The SMILES string of the molecule is COC1(Cn2c(-c3nc4cc(C=O)c(CCN(C)CCCF)cc4n3C)cc3ccccc32)CC1. The van der Waals surface area contributed by atoms with Crippen LogP contribution in [0.5, 0.6) is 0 Å². The molecule has 6 nitrogen and oxygen atoms in total. The number of halogens is 1. The molecule has 0 spiro atoms. The maximum Gasteiger partial charge on any atom is 0.157 e. The quantitative estimate of drug-likeness (QED) is 0.285. The molecule has 7 heteroatoms. The van der Waals surface area contributed by atoms with E-state index in [1.54, 1.807) is 7.11 Å². The summed E-state index contributed by atoms with van der Waals surface area (Å²) in [5.74, 6) is 0.872. The normalized spacial score (nSPS) is 14.9. The Hall–Kier alpha value is -3.03. The summed E-state index contributed by atoms with van der Waals surface area (Å²) >= 11 is 0. The topological polar surface area (TPSA) is 52.3 Å². The highest BCUT2D eigenvalue weighted by molar-refractivity contribution is 5.91. The first-order valence-corrected chi connectivity index (χ1v) is 12.3. The maximum atomic E-state index is 12.5. The molecule has 2 heterocycles. The van der Waals surface area contributed by atoms with Gasteiger partial charge in [-0.15, -0.1) is 0 Å². The smallest absolute Gasteiger partial charge is 0.157 e. The van der Waals surface area contributed by atoms with Gasteiger partial charge in [-0.2, -0.15) is 0 Å². The minimum absolute atomic E-state index is 0.104. The molecule has 0 aliphatic heterocycles. The molecule has 0 unspecified atom stereocenters. The van der Waals surface area contributed by atoms with Crippen molar-refractivity contribution in [2.24, 2.45) is 7.05 Å². The summed E-state index contributed by atoms with van der Waals surface area (Å²) in [6.07, 6.45) is 4.29. The molecule has 0 radical (unpaired) electrons. The summed E-state index contributed by atoms with van der Waals surface area (Å²) in [7, 11) is 5.82. The molecule has 1 saturated carbocycles. The molecule has 0 N–H and O–H groups in total. The van der Waals surface area contributed by atoms with E-state index < -0.39 is 0 Å². The number of alkyl halides is 1. The number of aromatic nitrogens is 3. The molecular weight excluding hydrogens is 443 g/mol. The third-order valence-corrected chi connectivity index (χ3v) is 7.43. The number of fused-ring (bicyclic) bond motifs is 2. The van der Waals surface area contributed by atoms with Gasteiger partial charge in [0.1, 0.15) is 6.29 Å². The van der Waals surface area contributed by atoms with Crippen LogP contribution in [0.3, 0.4) is 0 Å². The van der Waals surface area contributed by atoms with Gasteiger partial charge in [0.05, 0.1) is 35.5 Å². The number of para-hydroxylation sites is 1. The van der Waals surface area contributed by atoms with Crippen molar-refractivity contribution in [1.29, 1.82) is 0 Å². The molecule has 1 aliphatic carbocycles. The molecule has 0 saturated heterocycles. The Balaban J connectivity index is 1.55. The van der Waals surface area contributed by atoms with E-state index in [1.807, 2.05) is 20.2 Å². The minimum atomic E-state index is -0.310. The number of imidazole rings is 1. The molecular formula is C28H33FN4O2. The van der Waals surface area contributed by atoms with Crippen LogP contribution in [0.2, 0.25) is 0 Å². The summed E-state index contributed by atoms with van der Waals surface area (Å²) < 4.78 is 22.8. The van der Waals surface area contributed by atoms with Gasteiger partial charge in [-0.05, 0) is 62.6 Å². The number of carbonyl (C=O) groups is 1. The van der Waals surface area contributed by atoms with Gasteiger partial charge in [-0.25, -0.2) is 4.98 Å². The highest BCUT2D eigenvalue weighted by Gasteiger charge is 2.44. The van der Waals surface area contributed by atoms with E-state index in [0.29, 0.717) is 18.5 Å². The van der Waals surface area contributed by atoms with E-state index in [1.165, 1.54) is 10.9 Å². The van der Waals surface area contributed by atoms with E-state index in [9.17, 15) is 9.18 Å². The zero-order valence-corrected chi connectivity index (χ0v) is 20.8. The number of likely N-dealkylation sites (N-methyl/N-ethyl adjacent to an activating group) is 1. The van der Waals surface area contributed by atoms with Crippen molar-refractivity contribution in [3.05, 3.63) is 53.6 Å². The highest BCUT2D eigenvalue weighted by Crippen LogP contribution is 2.43. The maximum absolute atomic E-state index is 12.5. The van der Waals surface area contributed by atoms with E-state index in [2.05, 4.69) is 50.4 Å². The standard InChI is InChI=1S/C28H33FN4O2/c1-31(13-6-12-29)14-9-20-16-25-23(15-22(20)18-34)30-27(32(25)2)26-17-21-7-4-5-8-24(21)33(26)19-28(35-3)10-11-28/h4-5,7-8,15-18H,6,9-14,19H2,1-3H3. The van der Waals surface area contributed by atoms with E-state index in [-0.39, 0.29) is 12.3 Å². The number of methoxy groups -OCH3 is 1. The average Bonchev–Trinajstić information content (AvgIpc) is 3.47. The number of carbonyl (C=O) groups excluding carboxylic acids is 1. The van der Waals surface area contributed by atoms with E-state index in [4.69, 9.17) is 9.72 Å². The van der Waals surface area contributed by atoms with Crippen molar-refractivity contribution in [3.63, 3.8) is 0 Å². The number of nitrogens with zero attached hydrogens (tertiary/aromatic N) is 4. The molecule has 0 bridgehead atoms. The Labute approximate surface area is 205 Å². The largest absolute Gasteiger partial charge is 0.376 e. The van der Waals surface area contributed by atoms with Crippen LogP contribution < -0.4 is 0 Å². The molecule has 35 heavy (non-hydrogen) atoms. The lowest BCUT2D eigenvalue weighted by Crippen LogP contribution is -2.23. The van der Waals surface area contributed by atoms with Gasteiger partial charge in [0.25, 0.3) is 0 Å². The van der Waals surface area contributed by atoms with E-state index in [0.717, 1.165) is 66.8 Å². The van der Waals surface area contributed by atoms with E-state index >= 15 is 0 Å². The third-order valence-electron chi connectivity index (χ3n) is 7.43. The summed E-state index contributed by atoms with van der Waals surface area (Å²) in [4.78, 5) is 19.0. The average molecular weight is 477 g/mol. The number of benzene rings is 2. The second-order valence-corrected chi connectivity index (χ2v) is 9.81. The fraction of sp³-hybridized carbons (Fsp3) is 0.429. The zero-order valence-electron chi connectivity index (χ0n) is 20.8. The molecule has 2 aromatic carbocycles. The Morgan fingerprint density at radius 2 is 1.97 bits per heavy atom. The van der Waals surface area contributed by atoms with Gasteiger partial charge < -0.3 is 18.8 Å². The Morgan fingerprint density at radius 1 is 1.17 bits per heavy atom. The van der Waals surface area contributed by atoms with Gasteiger partial charge in [0.15, 0.2) is 5.82 Å². The van der Waals surface area contributed by atoms with Crippen LogP contribution >= 0.6 is 0 Å². The molecule has 4 aromatic rings. The summed E-state index contributed by atoms with van der Waals surface area (Å²) in [5, 5.41) is 1.17. The molecule has 5 rings (SSSR count). The number of ether oxygens (including phenoxy) is 1. The molecule has 184 valence electrons. The van der Waals surface area contributed by atoms with Crippen molar-refractivity contribution in [3.8, 4) is 11.5 Å². The van der Waals surface area contributed by atoms with Crippen LogP contribution in [0.4, 0.5) is 4.39 Å². The first-order chi connectivity index (χ1) is 17.0. The molecule has 1 fully saturated rings. The minimum Gasteiger partial charge on any atom is -0.376 e. The lowest BCUT2D eigenvalue weighted by atomic mass is 10.0. The van der Waals surface area contributed by atoms with Gasteiger partial charge in [-0.3, -0.25) is 9.18 Å². The lowest BCUT2D eigenvalue weighted by Gasteiger charge is -2.18. The lowest BCUT2D eigenvalue weighted by molar-refractivity contribution is 0.0665. The van der Waals surface area contributed by atoms with Gasteiger partial charge in [0, 0.05) is 43.7 Å². The van der Waals surface area contributed by atoms with Gasteiger partial charge >= 0.3 is 0 Å². The summed E-state index contributed by atoms with van der Waals surface area (Å²) in [6, 6.07) is 14.6. The number of aldehydes is 1. The number of hydrogen-bond donors (Lipinski definition) is 0. The van der Waals surface area contributed by atoms with Crippen LogP contribution in [-0.2, 0) is 24.8 Å². The first-order valence-electron chi connectivity index (χ1n) is 12.3. The summed E-state index contributed by atoms with van der Waals surface area (Å²) in [6.45, 7) is 1.95. The zero-order chi connectivity index (χ0) is 24.6. The molecule has 2 aromatic heterocycles. The monoisotopic (exact) mass is 476 g/mol. The molecule has 0 atom stereocenters. The number of rotatable bonds is 11. The fourth-order valence-corrected chi connectivity index (χ4v) is 5.03. The molecule has 0 amide bonds. The van der Waals surface area contributed by atoms with Crippen molar-refractivity contribution in [2.75, 3.05) is 33.9 Å². The first kappa shape index (κ1) is 23.7. The third kappa shape index (κ3) is 4.50. The van der Waals surface area contributed by atoms with Crippen molar-refractivity contribution >= 4 is 28.2 Å². The number of hydrogen-bond acceptors (Lipinski definition) is 4. The Morgan fingerprint density at radius 3 is 2.69 bits per heavy atom. The number of aryl methyl sites for hydroxylation is 1. The Kier molecular flexibility index (Phi) is 6.47. The second-order valence-electron chi connectivity index (χ2n) is 9.81. The summed E-state index contributed by atoms with van der Waals surface area (Å²) in [5.41, 5.74) is 5.58. The Bertz CT molecular complexity index is 1370. The van der Waals surface area contributed by atoms with Gasteiger partial charge in [0.2, 0.25) is 0 Å². The predicted molar refractivity (Wildman–Crippen MR) is 138 cm³/mol. The van der Waals surface area contributed by atoms with Crippen LogP contribution in [0, 0.1) is 0 Å². The molecule has 1 aliphatic rings.